The highest BCUT2D eigenvalue weighted by atomic mass is 16.5. The molecule has 0 saturated carbocycles. The van der Waals surface area contributed by atoms with Gasteiger partial charge in [-0.2, -0.15) is 0 Å². The summed E-state index contributed by atoms with van der Waals surface area (Å²) in [7, 11) is 0. The lowest BCUT2D eigenvalue weighted by Crippen LogP contribution is -2.44. The summed E-state index contributed by atoms with van der Waals surface area (Å²) in [5.41, 5.74) is 0.254. The van der Waals surface area contributed by atoms with Gasteiger partial charge in [0.2, 0.25) is 0 Å². The molecule has 0 spiro atoms. The van der Waals surface area contributed by atoms with Crippen LogP contribution in [0.2, 0.25) is 0 Å². The lowest BCUT2D eigenvalue weighted by Gasteiger charge is -2.21. The lowest BCUT2D eigenvalue weighted by atomic mass is 10.2. The van der Waals surface area contributed by atoms with Crippen molar-refractivity contribution < 1.29 is 19.1 Å². The van der Waals surface area contributed by atoms with Gasteiger partial charge in [-0.3, -0.25) is 10.1 Å². The Morgan fingerprint density at radius 3 is 2.56 bits per heavy atom. The van der Waals surface area contributed by atoms with Gasteiger partial charge in [0.25, 0.3) is 5.91 Å². The fraction of sp³-hybridized carbons (Fsp3) is 0.474. The number of hydrogen-bond donors (Lipinski definition) is 2. The van der Waals surface area contributed by atoms with Crippen molar-refractivity contribution >= 4 is 23.7 Å². The number of imide groups is 1. The van der Waals surface area contributed by atoms with Gasteiger partial charge in [0.1, 0.15) is 5.82 Å². The third-order valence-electron chi connectivity index (χ3n) is 4.21. The van der Waals surface area contributed by atoms with Crippen LogP contribution < -0.4 is 15.5 Å². The van der Waals surface area contributed by atoms with E-state index in [0.29, 0.717) is 0 Å². The Hall–Kier alpha value is -2.90. The van der Waals surface area contributed by atoms with Crippen LogP contribution in [0.5, 0.6) is 0 Å². The molecule has 1 atom stereocenters. The Labute approximate surface area is 159 Å². The van der Waals surface area contributed by atoms with Crippen molar-refractivity contribution in [3.63, 3.8) is 0 Å². The summed E-state index contributed by atoms with van der Waals surface area (Å²) in [6.45, 7) is 7.00. The van der Waals surface area contributed by atoms with Crippen LogP contribution in [0.4, 0.5) is 10.6 Å². The summed E-state index contributed by atoms with van der Waals surface area (Å²) in [6, 6.07) is 2.75. The van der Waals surface area contributed by atoms with E-state index in [2.05, 4.69) is 27.1 Å². The van der Waals surface area contributed by atoms with Crippen LogP contribution in [0.3, 0.4) is 0 Å². The van der Waals surface area contributed by atoms with Crippen LogP contribution in [-0.4, -0.2) is 48.6 Å². The van der Waals surface area contributed by atoms with Gasteiger partial charge in [0.15, 0.2) is 6.10 Å². The standard InChI is InChI=1S/C19H26N4O4/c1-3-10-20-19(26)22-17(24)14(2)27-18(25)15-8-9-16(21-13-15)23-11-6-4-5-7-12-23/h3,8-9,13-14H,1,4-7,10-12H2,2H3,(H2,20,22,24,26)/t14-/m0/s1. The average molecular weight is 374 g/mol. The highest BCUT2D eigenvalue weighted by Crippen LogP contribution is 2.17. The second-order valence-electron chi connectivity index (χ2n) is 6.34. The van der Waals surface area contributed by atoms with Crippen LogP contribution in [0, 0.1) is 0 Å². The van der Waals surface area contributed by atoms with Crippen LogP contribution in [0.1, 0.15) is 43.0 Å². The van der Waals surface area contributed by atoms with E-state index in [0.717, 1.165) is 31.7 Å². The van der Waals surface area contributed by atoms with Gasteiger partial charge in [-0.05, 0) is 31.9 Å². The molecule has 1 aromatic rings. The number of esters is 1. The molecule has 1 aliphatic rings. The van der Waals surface area contributed by atoms with Gasteiger partial charge in [0, 0.05) is 25.8 Å². The first-order valence-corrected chi connectivity index (χ1v) is 9.13. The van der Waals surface area contributed by atoms with E-state index in [-0.39, 0.29) is 12.1 Å². The van der Waals surface area contributed by atoms with Crippen molar-refractivity contribution in [2.24, 2.45) is 0 Å². The summed E-state index contributed by atoms with van der Waals surface area (Å²) < 4.78 is 5.10. The van der Waals surface area contributed by atoms with E-state index in [4.69, 9.17) is 4.74 Å². The summed E-state index contributed by atoms with van der Waals surface area (Å²) in [5.74, 6) is -0.545. The number of aromatic nitrogens is 1. The number of hydrogen-bond acceptors (Lipinski definition) is 6. The number of pyridine rings is 1. The fourth-order valence-corrected chi connectivity index (χ4v) is 2.70. The zero-order chi connectivity index (χ0) is 19.6. The number of ether oxygens (including phenoxy) is 1. The van der Waals surface area contributed by atoms with E-state index >= 15 is 0 Å². The van der Waals surface area contributed by atoms with E-state index in [9.17, 15) is 14.4 Å². The third-order valence-corrected chi connectivity index (χ3v) is 4.21. The minimum Gasteiger partial charge on any atom is -0.449 e. The minimum absolute atomic E-state index is 0.225. The molecule has 2 rings (SSSR count). The van der Waals surface area contributed by atoms with Crippen LogP contribution >= 0.6 is 0 Å². The van der Waals surface area contributed by atoms with Gasteiger partial charge in [-0.25, -0.2) is 14.6 Å². The van der Waals surface area contributed by atoms with Crippen molar-refractivity contribution in [3.05, 3.63) is 36.5 Å². The van der Waals surface area contributed by atoms with Crippen molar-refractivity contribution in [2.75, 3.05) is 24.5 Å². The number of carbonyl (C=O) groups excluding carboxylic acids is 3. The zero-order valence-electron chi connectivity index (χ0n) is 15.6. The summed E-state index contributed by atoms with van der Waals surface area (Å²) in [4.78, 5) is 42.1. The smallest absolute Gasteiger partial charge is 0.340 e. The SMILES string of the molecule is C=CCNC(=O)NC(=O)[C@H](C)OC(=O)c1ccc(N2CCCCCC2)nc1. The molecule has 1 aliphatic heterocycles. The van der Waals surface area contributed by atoms with Crippen LogP contribution in [0.15, 0.2) is 31.0 Å². The maximum Gasteiger partial charge on any atom is 0.340 e. The van der Waals surface area contributed by atoms with E-state index < -0.39 is 24.0 Å². The number of amides is 3. The van der Waals surface area contributed by atoms with Crippen molar-refractivity contribution in [3.8, 4) is 0 Å². The highest BCUT2D eigenvalue weighted by molar-refractivity contribution is 5.98. The first kappa shape index (κ1) is 20.4. The van der Waals surface area contributed by atoms with Crippen molar-refractivity contribution in [1.29, 1.82) is 0 Å². The molecular formula is C19H26N4O4. The predicted molar refractivity (Wildman–Crippen MR) is 102 cm³/mol. The van der Waals surface area contributed by atoms with E-state index in [1.54, 1.807) is 12.1 Å². The molecule has 8 heteroatoms. The second kappa shape index (κ2) is 10.3. The first-order valence-electron chi connectivity index (χ1n) is 9.13. The number of anilines is 1. The van der Waals surface area contributed by atoms with Gasteiger partial charge in [0.05, 0.1) is 5.56 Å². The van der Waals surface area contributed by atoms with Crippen molar-refractivity contribution in [1.82, 2.24) is 15.6 Å². The van der Waals surface area contributed by atoms with E-state index in [1.165, 1.54) is 32.0 Å². The molecule has 0 aromatic carbocycles. The second-order valence-corrected chi connectivity index (χ2v) is 6.34. The number of carbonyl (C=O) groups is 3. The Bertz CT molecular complexity index is 667. The van der Waals surface area contributed by atoms with Crippen molar-refractivity contribution in [2.45, 2.75) is 38.7 Å². The Morgan fingerprint density at radius 2 is 1.96 bits per heavy atom. The maximum atomic E-state index is 12.2. The predicted octanol–water partition coefficient (Wildman–Crippen LogP) is 2.02. The number of nitrogens with one attached hydrogen (secondary N) is 2. The first-order chi connectivity index (χ1) is 13.0. The third kappa shape index (κ3) is 6.40. The summed E-state index contributed by atoms with van der Waals surface area (Å²) in [5, 5.41) is 4.49. The van der Waals surface area contributed by atoms with E-state index in [1.807, 2.05) is 0 Å². The molecule has 0 bridgehead atoms. The molecule has 146 valence electrons. The molecule has 1 aromatic heterocycles. The molecule has 1 saturated heterocycles. The molecule has 0 radical (unpaired) electrons. The molecule has 0 unspecified atom stereocenters. The van der Waals surface area contributed by atoms with Gasteiger partial charge in [-0.15, -0.1) is 6.58 Å². The molecule has 3 amide bonds. The molecule has 2 N–H and O–H groups in total. The highest BCUT2D eigenvalue weighted by Gasteiger charge is 2.21. The maximum absolute atomic E-state index is 12.2. The Kier molecular flexibility index (Phi) is 7.79. The largest absolute Gasteiger partial charge is 0.449 e. The quantitative estimate of drug-likeness (QED) is 0.584. The Morgan fingerprint density at radius 1 is 1.26 bits per heavy atom. The Balaban J connectivity index is 1.88. The topological polar surface area (TPSA) is 101 Å². The monoisotopic (exact) mass is 374 g/mol. The molecule has 1 fully saturated rings. The lowest BCUT2D eigenvalue weighted by molar-refractivity contribution is -0.127. The normalized spacial score (nSPS) is 15.2. The number of nitrogens with zero attached hydrogens (tertiary/aromatic N) is 2. The molecule has 2 heterocycles. The summed E-state index contributed by atoms with van der Waals surface area (Å²) >= 11 is 0. The number of urea groups is 1. The molecular weight excluding hydrogens is 348 g/mol. The van der Waals surface area contributed by atoms with Gasteiger partial charge >= 0.3 is 12.0 Å². The average Bonchev–Trinajstić information content (AvgIpc) is 2.95. The van der Waals surface area contributed by atoms with Gasteiger partial charge < -0.3 is 15.0 Å². The van der Waals surface area contributed by atoms with Gasteiger partial charge in [-0.1, -0.05) is 18.9 Å². The van der Waals surface area contributed by atoms with Crippen LogP contribution in [-0.2, 0) is 9.53 Å². The summed E-state index contributed by atoms with van der Waals surface area (Å²) in [6.07, 6.45) is 6.55. The molecule has 8 nitrogen and oxygen atoms in total. The zero-order valence-corrected chi connectivity index (χ0v) is 15.6. The molecule has 27 heavy (non-hydrogen) atoms. The molecule has 0 aliphatic carbocycles. The fourth-order valence-electron chi connectivity index (χ4n) is 2.70. The minimum atomic E-state index is -1.11. The van der Waals surface area contributed by atoms with Crippen LogP contribution in [0.25, 0.3) is 0 Å². The number of rotatable bonds is 6.